The van der Waals surface area contributed by atoms with Crippen LogP contribution in [0.1, 0.15) is 12.6 Å². The monoisotopic (exact) mass is 523 g/mol. The van der Waals surface area contributed by atoms with Gasteiger partial charge in [-0.25, -0.2) is 28.4 Å². The van der Waals surface area contributed by atoms with Gasteiger partial charge in [0.25, 0.3) is 0 Å². The summed E-state index contributed by atoms with van der Waals surface area (Å²) in [5.74, 6) is 0.103. The lowest BCUT2D eigenvalue weighted by Gasteiger charge is -2.25. The molecule has 1 fully saturated rings. The third-order valence-electron chi connectivity index (χ3n) is 3.77. The molecule has 31 heavy (non-hydrogen) atoms. The van der Waals surface area contributed by atoms with Gasteiger partial charge < -0.3 is 40.3 Å². The van der Waals surface area contributed by atoms with Crippen LogP contribution in [0, 0.1) is 0 Å². The van der Waals surface area contributed by atoms with E-state index in [9.17, 15) is 29.1 Å². The van der Waals surface area contributed by atoms with E-state index in [0.29, 0.717) is 0 Å². The third kappa shape index (κ3) is 6.10. The molecule has 2 aromatic heterocycles. The molecule has 1 saturated heterocycles. The van der Waals surface area contributed by atoms with Gasteiger partial charge in [0, 0.05) is 6.42 Å². The van der Waals surface area contributed by atoms with E-state index < -0.39 is 47.1 Å². The van der Waals surface area contributed by atoms with E-state index in [2.05, 4.69) is 39.9 Å². The molecule has 3 heterocycles. The van der Waals surface area contributed by atoms with E-state index in [1.807, 2.05) is 0 Å². The second-order valence-electron chi connectivity index (χ2n) is 6.03. The van der Waals surface area contributed by atoms with Crippen molar-refractivity contribution in [2.24, 2.45) is 0 Å². The molecule has 8 N–H and O–H groups in total. The summed E-state index contributed by atoms with van der Waals surface area (Å²) in [6.07, 6.45) is -3.61. The fraction of sp³-hybridized carbons (Fsp3) is 0.500. The molecule has 21 heteroatoms. The quantitative estimate of drug-likeness (QED) is 0.159. The van der Waals surface area contributed by atoms with Crippen LogP contribution in [0.25, 0.3) is 11.2 Å². The smallest absolute Gasteiger partial charge is 0.390 e. The summed E-state index contributed by atoms with van der Waals surface area (Å²) < 4.78 is 41.2. The molecule has 1 aliphatic rings. The first-order chi connectivity index (χ1) is 14.2. The zero-order chi connectivity index (χ0) is 23.2. The first-order valence-electron chi connectivity index (χ1n) is 7.94. The molecule has 17 nitrogen and oxygen atoms in total. The Morgan fingerprint density at radius 2 is 1.90 bits per heavy atom. The number of nitrogens with zero attached hydrogens (tertiary/aromatic N) is 4. The fourth-order valence-corrected chi connectivity index (χ4v) is 6.76. The molecule has 0 aliphatic carbocycles. The van der Waals surface area contributed by atoms with Gasteiger partial charge in [0.2, 0.25) is 0 Å². The zero-order valence-corrected chi connectivity index (χ0v) is 18.4. The van der Waals surface area contributed by atoms with Crippen molar-refractivity contribution in [3.8, 4) is 0 Å². The van der Waals surface area contributed by atoms with E-state index >= 15 is 0 Å². The molecule has 0 spiro atoms. The first-order valence-corrected chi connectivity index (χ1v) is 13.6. The Labute approximate surface area is 177 Å². The molecule has 174 valence electrons. The van der Waals surface area contributed by atoms with E-state index in [1.165, 1.54) is 17.2 Å². The number of aliphatic hydroxyl groups is 2. The molecule has 0 aromatic carbocycles. The number of ether oxygens (including phenoxy) is 1. The highest BCUT2D eigenvalue weighted by atomic mass is 32.5. The van der Waals surface area contributed by atoms with Crippen LogP contribution in [-0.2, 0) is 38.8 Å². The number of hydrogen-bond acceptors (Lipinski definition) is 13. The number of nitrogen functional groups attached to an aromatic ring is 1. The van der Waals surface area contributed by atoms with Crippen molar-refractivity contribution in [1.29, 1.82) is 0 Å². The minimum atomic E-state index is -5.57. The Bertz CT molecular complexity index is 1110. The molecule has 0 bridgehead atoms. The second-order valence-corrected chi connectivity index (χ2v) is 11.8. The number of nitrogens with two attached hydrogens (primary N) is 1. The molecule has 0 radical (unpaired) electrons. The highest BCUT2D eigenvalue weighted by Crippen LogP contribution is 2.66. The van der Waals surface area contributed by atoms with Gasteiger partial charge in [0.15, 0.2) is 17.8 Å². The van der Waals surface area contributed by atoms with Gasteiger partial charge in [-0.1, -0.05) is 0 Å². The third-order valence-corrected chi connectivity index (χ3v) is 8.44. The normalized spacial score (nSPS) is 27.1. The van der Waals surface area contributed by atoms with Gasteiger partial charge in [-0.2, -0.15) is 4.31 Å². The van der Waals surface area contributed by atoms with Crippen LogP contribution < -0.4 is 5.73 Å². The maximum Gasteiger partial charge on any atom is 0.488 e. The predicted octanol–water partition coefficient (Wildman–Crippen LogP) is -1.17. The number of hydrogen-bond donors (Lipinski definition) is 7. The summed E-state index contributed by atoms with van der Waals surface area (Å²) in [5, 5.41) is 20.3. The maximum absolute atomic E-state index is 11.5. The number of fused-ring (bicyclic) bond motifs is 1. The van der Waals surface area contributed by atoms with E-state index in [4.69, 9.17) is 20.3 Å². The Balaban J connectivity index is 1.70. The molecular formula is C10H16N5O12P3S. The number of aliphatic hydroxyl groups excluding tert-OH is 2. The summed E-state index contributed by atoms with van der Waals surface area (Å²) in [7, 11) is -11.1. The molecule has 0 saturated carbocycles. The average molecular weight is 523 g/mol. The highest BCUT2D eigenvalue weighted by molar-refractivity contribution is 8.08. The summed E-state index contributed by atoms with van der Waals surface area (Å²) in [4.78, 5) is 48.1. The van der Waals surface area contributed by atoms with Crippen LogP contribution in [0.4, 0.5) is 5.82 Å². The summed E-state index contributed by atoms with van der Waals surface area (Å²) in [6.45, 7) is -4.81. The Hall–Kier alpha value is -0.940. The molecule has 1 aliphatic heterocycles. The SMILES string of the molecule is Nc1ncnc2c1ncn2[C@H]1C[C@H](O)[C@@H](C(O)OP(O)(=S)OP(=O)(O)OP(=O)(O)O)O1. The highest BCUT2D eigenvalue weighted by Gasteiger charge is 2.45. The summed E-state index contributed by atoms with van der Waals surface area (Å²) in [5.41, 5.74) is 6.24. The standard InChI is InChI=1S/C10H16N5O12P3S/c11-8-6-9(13-2-12-8)15(3-14-6)5-1-4(16)7(24-5)10(17)25-30(23,31)27-29(21,22)26-28(18,19)20/h2-5,7,10,16-17H,1H2,(H,21,22)(H,23,31)(H2,11,12,13)(H2,18,19,20)/t4-,5+,7-,10?,30?/m0/s1. The minimum absolute atomic E-state index is 0.102. The topological polar surface area (TPSA) is 262 Å². The first kappa shape index (κ1) is 24.7. The largest absolute Gasteiger partial charge is 0.488 e. The van der Waals surface area contributed by atoms with Crippen LogP contribution in [0.5, 0.6) is 0 Å². The predicted molar refractivity (Wildman–Crippen MR) is 102 cm³/mol. The zero-order valence-electron chi connectivity index (χ0n) is 14.9. The number of imidazole rings is 1. The number of anilines is 1. The van der Waals surface area contributed by atoms with Crippen molar-refractivity contribution in [3.63, 3.8) is 0 Å². The lowest BCUT2D eigenvalue weighted by molar-refractivity contribution is -0.157. The molecule has 3 rings (SSSR count). The van der Waals surface area contributed by atoms with E-state index in [-0.39, 0.29) is 23.4 Å². The maximum atomic E-state index is 11.5. The molecule has 2 aromatic rings. The Kier molecular flexibility index (Phi) is 6.99. The van der Waals surface area contributed by atoms with Crippen molar-refractivity contribution >= 4 is 51.2 Å². The second kappa shape index (κ2) is 8.78. The van der Waals surface area contributed by atoms with E-state index in [1.54, 1.807) is 0 Å². The minimum Gasteiger partial charge on any atom is -0.390 e. The van der Waals surface area contributed by atoms with E-state index in [0.717, 1.165) is 0 Å². The molecular weight excluding hydrogens is 507 g/mol. The van der Waals surface area contributed by atoms with Gasteiger partial charge in [-0.15, -0.1) is 0 Å². The summed E-state index contributed by atoms with van der Waals surface area (Å²) >= 11 is 4.43. The van der Waals surface area contributed by atoms with Gasteiger partial charge in [-0.3, -0.25) is 9.09 Å². The number of phosphoric acid groups is 2. The molecule has 3 unspecified atom stereocenters. The summed E-state index contributed by atoms with van der Waals surface area (Å²) in [6, 6.07) is 0. The fourth-order valence-electron chi connectivity index (χ4n) is 2.68. The van der Waals surface area contributed by atoms with Crippen molar-refractivity contribution in [2.75, 3.05) is 5.73 Å². The van der Waals surface area contributed by atoms with Crippen LogP contribution in [0.15, 0.2) is 12.7 Å². The van der Waals surface area contributed by atoms with Crippen LogP contribution in [0.3, 0.4) is 0 Å². The van der Waals surface area contributed by atoms with Crippen molar-refractivity contribution < 1.29 is 56.8 Å². The van der Waals surface area contributed by atoms with Crippen molar-refractivity contribution in [1.82, 2.24) is 19.5 Å². The van der Waals surface area contributed by atoms with Gasteiger partial charge in [0.05, 0.1) is 12.4 Å². The number of rotatable bonds is 8. The molecule has 0 amide bonds. The van der Waals surface area contributed by atoms with Gasteiger partial charge >= 0.3 is 22.4 Å². The van der Waals surface area contributed by atoms with Crippen LogP contribution in [0.2, 0.25) is 0 Å². The van der Waals surface area contributed by atoms with Crippen molar-refractivity contribution in [3.05, 3.63) is 12.7 Å². The lowest BCUT2D eigenvalue weighted by atomic mass is 10.2. The average Bonchev–Trinajstić information content (AvgIpc) is 3.15. The Morgan fingerprint density at radius 1 is 1.23 bits per heavy atom. The molecule has 6 atom stereocenters. The van der Waals surface area contributed by atoms with Gasteiger partial charge in [0.1, 0.15) is 24.2 Å². The number of aromatic nitrogens is 4. The van der Waals surface area contributed by atoms with Crippen LogP contribution >= 0.6 is 22.4 Å². The van der Waals surface area contributed by atoms with Gasteiger partial charge in [-0.05, 0) is 11.8 Å². The lowest BCUT2D eigenvalue weighted by Crippen LogP contribution is -2.35. The van der Waals surface area contributed by atoms with Crippen molar-refractivity contribution in [2.45, 2.75) is 31.1 Å². The Morgan fingerprint density at radius 3 is 2.55 bits per heavy atom. The van der Waals surface area contributed by atoms with Crippen LogP contribution in [-0.4, -0.2) is 67.8 Å².